The molecule has 230 valence electrons. The van der Waals surface area contributed by atoms with Crippen LogP contribution in [0.4, 0.5) is 26.3 Å². The minimum absolute atomic E-state index is 0.00413. The van der Waals surface area contributed by atoms with Gasteiger partial charge in [0, 0.05) is 24.2 Å². The van der Waals surface area contributed by atoms with E-state index in [4.69, 9.17) is 16.3 Å². The number of alkyl halides is 6. The highest BCUT2D eigenvalue weighted by molar-refractivity contribution is 6.36. The summed E-state index contributed by atoms with van der Waals surface area (Å²) in [5.41, 5.74) is -3.79. The molecule has 1 aliphatic rings. The standard InChI is InChI=1S/C30H29ClF6N4O2/c1-27(30(35,36)37)9-6-17(7-10-27)12-21-25(31)20-13-18(4-5-22(20)40-26(21)43-3)28(42,24-15-38-16-41(24)2)19-8-11-39-23(14-19)29(32,33)34/h4-5,8,11,13-17,42H,6-7,9-10,12H2,1-3H3. The normalized spacial score (nSPS) is 21.1. The summed E-state index contributed by atoms with van der Waals surface area (Å²) in [6.07, 6.45) is -4.27. The number of nitrogens with zero attached hydrogens (tertiary/aromatic N) is 4. The molecule has 1 fully saturated rings. The van der Waals surface area contributed by atoms with E-state index in [0.29, 0.717) is 35.7 Å². The third-order valence-electron chi connectivity index (χ3n) is 8.63. The Balaban J connectivity index is 1.60. The third kappa shape index (κ3) is 5.55. The topological polar surface area (TPSA) is 73.1 Å². The fraction of sp³-hybridized carbons (Fsp3) is 0.433. The maximum atomic E-state index is 13.6. The lowest BCUT2D eigenvalue weighted by Crippen LogP contribution is -2.38. The zero-order valence-corrected chi connectivity index (χ0v) is 24.3. The van der Waals surface area contributed by atoms with E-state index in [1.807, 2.05) is 0 Å². The number of methoxy groups -OCH3 is 1. The molecule has 6 nitrogen and oxygen atoms in total. The zero-order valence-electron chi connectivity index (χ0n) is 23.5. The van der Waals surface area contributed by atoms with E-state index in [1.54, 1.807) is 19.2 Å². The van der Waals surface area contributed by atoms with E-state index in [2.05, 4.69) is 15.0 Å². The van der Waals surface area contributed by atoms with Crippen molar-refractivity contribution in [2.24, 2.45) is 18.4 Å². The Morgan fingerprint density at radius 3 is 2.33 bits per heavy atom. The Morgan fingerprint density at radius 1 is 1.07 bits per heavy atom. The van der Waals surface area contributed by atoms with Crippen LogP contribution in [0.1, 0.15) is 60.7 Å². The van der Waals surface area contributed by atoms with Crippen LogP contribution in [0, 0.1) is 11.3 Å². The summed E-state index contributed by atoms with van der Waals surface area (Å²) in [5, 5.41) is 12.9. The van der Waals surface area contributed by atoms with Crippen molar-refractivity contribution in [1.82, 2.24) is 19.5 Å². The molecule has 0 radical (unpaired) electrons. The van der Waals surface area contributed by atoms with Crippen molar-refractivity contribution in [3.63, 3.8) is 0 Å². The minimum Gasteiger partial charge on any atom is -0.481 e. The van der Waals surface area contributed by atoms with Crippen molar-refractivity contribution in [3.05, 3.63) is 82.2 Å². The van der Waals surface area contributed by atoms with Crippen LogP contribution in [0.25, 0.3) is 10.9 Å². The number of rotatable bonds is 6. The molecule has 1 N–H and O–H groups in total. The van der Waals surface area contributed by atoms with Crippen molar-refractivity contribution >= 4 is 22.5 Å². The van der Waals surface area contributed by atoms with E-state index in [1.165, 1.54) is 43.3 Å². The van der Waals surface area contributed by atoms with Crippen molar-refractivity contribution in [2.75, 3.05) is 7.11 Å². The quantitative estimate of drug-likeness (QED) is 0.223. The van der Waals surface area contributed by atoms with Gasteiger partial charge in [-0.05, 0) is 73.4 Å². The van der Waals surface area contributed by atoms with Gasteiger partial charge in [-0.1, -0.05) is 24.6 Å². The third-order valence-corrected chi connectivity index (χ3v) is 9.06. The van der Waals surface area contributed by atoms with E-state index < -0.39 is 29.1 Å². The first-order valence-corrected chi connectivity index (χ1v) is 13.9. The van der Waals surface area contributed by atoms with Gasteiger partial charge in [0.1, 0.15) is 5.69 Å². The van der Waals surface area contributed by atoms with Crippen LogP contribution in [-0.2, 0) is 25.2 Å². The Bertz CT molecular complexity index is 1650. The molecule has 1 saturated carbocycles. The van der Waals surface area contributed by atoms with Gasteiger partial charge < -0.3 is 14.4 Å². The van der Waals surface area contributed by atoms with E-state index >= 15 is 0 Å². The molecule has 43 heavy (non-hydrogen) atoms. The Labute approximate surface area is 248 Å². The van der Waals surface area contributed by atoms with Crippen LogP contribution < -0.4 is 4.74 Å². The first kappa shape index (κ1) is 31.1. The summed E-state index contributed by atoms with van der Waals surface area (Å²) < 4.78 is 88.5. The number of hydrogen-bond acceptors (Lipinski definition) is 5. The van der Waals surface area contributed by atoms with E-state index in [9.17, 15) is 31.4 Å². The van der Waals surface area contributed by atoms with Crippen LogP contribution in [0.5, 0.6) is 5.88 Å². The second-order valence-corrected chi connectivity index (χ2v) is 11.8. The van der Waals surface area contributed by atoms with Crippen molar-refractivity contribution in [1.29, 1.82) is 0 Å². The number of aromatic nitrogens is 4. The molecule has 0 aliphatic heterocycles. The highest BCUT2D eigenvalue weighted by Crippen LogP contribution is 2.51. The number of ether oxygens (including phenoxy) is 1. The lowest BCUT2D eigenvalue weighted by Gasteiger charge is -2.38. The molecule has 3 heterocycles. The van der Waals surface area contributed by atoms with Crippen LogP contribution in [-0.4, -0.2) is 37.9 Å². The van der Waals surface area contributed by atoms with Crippen LogP contribution in [0.3, 0.4) is 0 Å². The number of fused-ring (bicyclic) bond motifs is 1. The number of benzene rings is 1. The first-order valence-electron chi connectivity index (χ1n) is 13.5. The highest BCUT2D eigenvalue weighted by Gasteiger charge is 2.52. The Hall–Kier alpha value is -3.38. The molecule has 1 atom stereocenters. The Morgan fingerprint density at radius 2 is 1.74 bits per heavy atom. The molecule has 5 rings (SSSR count). The predicted octanol–water partition coefficient (Wildman–Crippen LogP) is 7.63. The number of aryl methyl sites for hydroxylation is 1. The van der Waals surface area contributed by atoms with Gasteiger partial charge in [0.05, 0.1) is 41.3 Å². The smallest absolute Gasteiger partial charge is 0.433 e. The van der Waals surface area contributed by atoms with Crippen LogP contribution >= 0.6 is 11.6 Å². The average Bonchev–Trinajstić information content (AvgIpc) is 3.40. The zero-order chi connectivity index (χ0) is 31.4. The van der Waals surface area contributed by atoms with Gasteiger partial charge in [0.25, 0.3) is 0 Å². The molecule has 1 unspecified atom stereocenters. The van der Waals surface area contributed by atoms with Gasteiger partial charge in [-0.25, -0.2) is 9.97 Å². The number of pyridine rings is 2. The molecule has 3 aromatic heterocycles. The van der Waals surface area contributed by atoms with Crippen LogP contribution in [0.2, 0.25) is 5.02 Å². The summed E-state index contributed by atoms with van der Waals surface area (Å²) in [6.45, 7) is 1.25. The fourth-order valence-corrected chi connectivity index (χ4v) is 6.19. The molecule has 13 heteroatoms. The monoisotopic (exact) mass is 626 g/mol. The van der Waals surface area contributed by atoms with Gasteiger partial charge in [-0.3, -0.25) is 4.98 Å². The van der Waals surface area contributed by atoms with Gasteiger partial charge in [-0.2, -0.15) is 26.3 Å². The largest absolute Gasteiger partial charge is 0.481 e. The predicted molar refractivity (Wildman–Crippen MR) is 148 cm³/mol. The molecular formula is C30H29ClF6N4O2. The minimum atomic E-state index is -4.75. The van der Waals surface area contributed by atoms with Gasteiger partial charge in [0.15, 0.2) is 5.60 Å². The maximum Gasteiger partial charge on any atom is 0.433 e. The Kier molecular flexibility index (Phi) is 7.92. The number of hydrogen-bond donors (Lipinski definition) is 1. The summed E-state index contributed by atoms with van der Waals surface area (Å²) in [7, 11) is 3.03. The second-order valence-electron chi connectivity index (χ2n) is 11.4. The lowest BCUT2D eigenvalue weighted by atomic mass is 9.70. The summed E-state index contributed by atoms with van der Waals surface area (Å²) in [4.78, 5) is 12.1. The number of halogens is 7. The molecule has 1 aromatic carbocycles. The fourth-order valence-electron chi connectivity index (χ4n) is 5.88. The molecule has 4 aromatic rings. The first-order chi connectivity index (χ1) is 20.1. The molecule has 0 spiro atoms. The maximum absolute atomic E-state index is 13.6. The van der Waals surface area contributed by atoms with E-state index in [0.717, 1.165) is 12.3 Å². The van der Waals surface area contributed by atoms with Crippen molar-refractivity contribution in [3.8, 4) is 5.88 Å². The molecular weight excluding hydrogens is 598 g/mol. The summed E-state index contributed by atoms with van der Waals surface area (Å²) >= 11 is 6.92. The summed E-state index contributed by atoms with van der Waals surface area (Å²) in [5.74, 6) is 0.147. The number of aliphatic hydroxyl groups is 1. The molecule has 0 bridgehead atoms. The summed E-state index contributed by atoms with van der Waals surface area (Å²) in [6, 6.07) is 6.74. The van der Waals surface area contributed by atoms with Crippen molar-refractivity contribution in [2.45, 2.75) is 57.0 Å². The number of imidazole rings is 1. The van der Waals surface area contributed by atoms with Gasteiger partial charge >= 0.3 is 12.4 Å². The molecule has 0 amide bonds. The highest BCUT2D eigenvalue weighted by atomic mass is 35.5. The van der Waals surface area contributed by atoms with Gasteiger partial charge in [0.2, 0.25) is 5.88 Å². The van der Waals surface area contributed by atoms with Gasteiger partial charge in [-0.15, -0.1) is 0 Å². The average molecular weight is 627 g/mol. The SMILES string of the molecule is COc1nc2ccc(C(O)(c3ccnc(C(F)(F)F)c3)c3cncn3C)cc2c(Cl)c1CC1CCC(C)(C(F)(F)F)CC1. The second kappa shape index (κ2) is 11.0. The van der Waals surface area contributed by atoms with Crippen molar-refractivity contribution < 1.29 is 36.2 Å². The molecule has 0 saturated heterocycles. The molecule has 1 aliphatic carbocycles. The lowest BCUT2D eigenvalue weighted by molar-refractivity contribution is -0.229. The van der Waals surface area contributed by atoms with Crippen LogP contribution in [0.15, 0.2) is 49.1 Å². The van der Waals surface area contributed by atoms with E-state index in [-0.39, 0.29) is 46.5 Å².